The fraction of sp³-hybridized carbons (Fsp3) is 0.583. The van der Waals surface area contributed by atoms with Gasteiger partial charge in [0.15, 0.2) is 0 Å². The number of alkyl halides is 1. The summed E-state index contributed by atoms with van der Waals surface area (Å²) >= 11 is 5.55. The Morgan fingerprint density at radius 3 is 3.06 bits per heavy atom. The normalized spacial score (nSPS) is 30.1. The maximum absolute atomic E-state index is 11.6. The number of ether oxygens (including phenoxy) is 3. The second-order valence-corrected chi connectivity index (χ2v) is 4.37. The van der Waals surface area contributed by atoms with E-state index in [0.29, 0.717) is 12.0 Å². The number of carbonyl (C=O) groups excluding carboxylic acids is 1. The highest BCUT2D eigenvalue weighted by Crippen LogP contribution is 2.43. The molecule has 0 fully saturated rings. The van der Waals surface area contributed by atoms with E-state index in [-0.39, 0.29) is 24.5 Å². The third kappa shape index (κ3) is 2.25. The monoisotopic (exact) mass is 274 g/mol. The molecule has 0 saturated carbocycles. The van der Waals surface area contributed by atoms with Crippen LogP contribution in [0.25, 0.3) is 0 Å². The number of carbonyl (C=O) groups is 1. The lowest BCUT2D eigenvalue weighted by Crippen LogP contribution is -2.37. The van der Waals surface area contributed by atoms with Crippen LogP contribution in [0.5, 0.6) is 0 Å². The zero-order valence-electron chi connectivity index (χ0n) is 9.97. The largest absolute Gasteiger partial charge is 0.471 e. The van der Waals surface area contributed by atoms with Crippen molar-refractivity contribution in [1.82, 2.24) is 0 Å². The van der Waals surface area contributed by atoms with Gasteiger partial charge in [0.25, 0.3) is 0 Å². The van der Waals surface area contributed by atoms with Gasteiger partial charge in [0.05, 0.1) is 31.5 Å². The van der Waals surface area contributed by atoms with Gasteiger partial charge in [0, 0.05) is 5.92 Å². The molecule has 1 N–H and O–H groups in total. The fourth-order valence-corrected chi connectivity index (χ4v) is 2.63. The van der Waals surface area contributed by atoms with E-state index < -0.39 is 12.3 Å². The summed E-state index contributed by atoms with van der Waals surface area (Å²) in [5, 5.41) is 9.32. The van der Waals surface area contributed by atoms with Crippen molar-refractivity contribution in [1.29, 1.82) is 0 Å². The molecule has 0 radical (unpaired) electrons. The lowest BCUT2D eigenvalue weighted by atomic mass is 9.83. The Morgan fingerprint density at radius 2 is 2.44 bits per heavy atom. The topological polar surface area (TPSA) is 65.0 Å². The van der Waals surface area contributed by atoms with Crippen LogP contribution in [0.4, 0.5) is 0 Å². The van der Waals surface area contributed by atoms with Gasteiger partial charge in [0.1, 0.15) is 6.07 Å². The Balaban J connectivity index is 2.25. The molecule has 0 bridgehead atoms. The lowest BCUT2D eigenvalue weighted by molar-refractivity contribution is -0.149. The van der Waals surface area contributed by atoms with Crippen LogP contribution in [0.2, 0.25) is 0 Å². The number of esters is 1. The maximum atomic E-state index is 11.6. The van der Waals surface area contributed by atoms with Gasteiger partial charge in [0.2, 0.25) is 6.29 Å². The maximum Gasteiger partial charge on any atom is 0.337 e. The van der Waals surface area contributed by atoms with E-state index in [0.717, 1.165) is 5.57 Å². The number of methoxy groups -OCH3 is 1. The van der Waals surface area contributed by atoms with Crippen molar-refractivity contribution in [2.75, 3.05) is 19.8 Å². The Morgan fingerprint density at radius 1 is 1.67 bits per heavy atom. The molecule has 100 valence electrons. The Bertz CT molecular complexity index is 390. The molecule has 0 spiro atoms. The highest BCUT2D eigenvalue weighted by Gasteiger charge is 2.44. The van der Waals surface area contributed by atoms with Crippen molar-refractivity contribution in [3.63, 3.8) is 0 Å². The van der Waals surface area contributed by atoms with Crippen LogP contribution < -0.4 is 0 Å². The fourth-order valence-electron chi connectivity index (χ4n) is 2.51. The van der Waals surface area contributed by atoms with Crippen LogP contribution in [0, 0.1) is 11.8 Å². The zero-order valence-corrected chi connectivity index (χ0v) is 10.7. The second-order valence-electron chi connectivity index (χ2n) is 4.15. The molecule has 1 aliphatic heterocycles. The molecular weight excluding hydrogens is 260 g/mol. The SMILES string of the molecule is COC(=O)C1=COC(OCCl)[C@@H]2C(CO)=CC[C@H]12. The van der Waals surface area contributed by atoms with Crippen LogP contribution in [-0.2, 0) is 19.0 Å². The molecule has 2 rings (SSSR count). The highest BCUT2D eigenvalue weighted by molar-refractivity contribution is 6.17. The Labute approximate surface area is 110 Å². The first-order valence-corrected chi connectivity index (χ1v) is 6.17. The predicted octanol–water partition coefficient (Wildman–Crippen LogP) is 1.17. The molecule has 2 aliphatic rings. The Kier molecular flexibility index (Phi) is 4.27. The summed E-state index contributed by atoms with van der Waals surface area (Å²) in [5.41, 5.74) is 1.28. The molecule has 0 amide bonds. The van der Waals surface area contributed by atoms with Gasteiger partial charge in [-0.05, 0) is 12.0 Å². The third-order valence-corrected chi connectivity index (χ3v) is 3.47. The lowest BCUT2D eigenvalue weighted by Gasteiger charge is -2.34. The second kappa shape index (κ2) is 5.73. The van der Waals surface area contributed by atoms with E-state index in [1.54, 1.807) is 0 Å². The molecule has 1 heterocycles. The highest BCUT2D eigenvalue weighted by atomic mass is 35.5. The predicted molar refractivity (Wildman–Crippen MR) is 63.5 cm³/mol. The molecule has 1 aliphatic carbocycles. The molecule has 0 aromatic rings. The number of fused-ring (bicyclic) bond motifs is 1. The van der Waals surface area contributed by atoms with Crippen molar-refractivity contribution in [2.45, 2.75) is 12.7 Å². The molecule has 1 unspecified atom stereocenters. The van der Waals surface area contributed by atoms with Crippen LogP contribution in [-0.4, -0.2) is 37.1 Å². The molecular formula is C12H15ClO5. The minimum atomic E-state index is -0.568. The van der Waals surface area contributed by atoms with Gasteiger partial charge in [-0.1, -0.05) is 17.7 Å². The van der Waals surface area contributed by atoms with Crippen LogP contribution in [0.15, 0.2) is 23.5 Å². The standard InChI is InChI=1S/C12H15ClO5/c1-16-11(15)9-5-17-12(18-6-13)10-7(4-14)2-3-8(9)10/h2,5,8,10,12,14H,3-4,6H2,1H3/t8-,10-,12?/m1/s1. The van der Waals surface area contributed by atoms with Crippen molar-refractivity contribution >= 4 is 17.6 Å². The van der Waals surface area contributed by atoms with E-state index in [4.69, 9.17) is 25.8 Å². The number of aliphatic hydroxyl groups excluding tert-OH is 1. The smallest absolute Gasteiger partial charge is 0.337 e. The number of halogens is 1. The summed E-state index contributed by atoms with van der Waals surface area (Å²) in [6, 6.07) is -0.00596. The van der Waals surface area contributed by atoms with Gasteiger partial charge in [-0.25, -0.2) is 4.79 Å². The van der Waals surface area contributed by atoms with Crippen molar-refractivity contribution in [3.05, 3.63) is 23.5 Å². The van der Waals surface area contributed by atoms with E-state index in [2.05, 4.69) is 0 Å². The molecule has 0 saturated heterocycles. The first kappa shape index (κ1) is 13.4. The molecule has 0 aromatic carbocycles. The average Bonchev–Trinajstić information content (AvgIpc) is 2.82. The Hall–Kier alpha value is -1.04. The number of hydrogen-bond donors (Lipinski definition) is 1. The first-order chi connectivity index (χ1) is 8.72. The van der Waals surface area contributed by atoms with Gasteiger partial charge >= 0.3 is 5.97 Å². The van der Waals surface area contributed by atoms with Crippen molar-refractivity contribution < 1.29 is 24.1 Å². The summed E-state index contributed by atoms with van der Waals surface area (Å²) in [7, 11) is 1.33. The quantitative estimate of drug-likeness (QED) is 0.474. The molecule has 18 heavy (non-hydrogen) atoms. The number of allylic oxidation sites excluding steroid dienone is 1. The van der Waals surface area contributed by atoms with E-state index >= 15 is 0 Å². The number of hydrogen-bond acceptors (Lipinski definition) is 5. The van der Waals surface area contributed by atoms with Crippen LogP contribution >= 0.6 is 11.6 Å². The van der Waals surface area contributed by atoms with E-state index in [1.165, 1.54) is 13.4 Å². The minimum absolute atomic E-state index is 0.00596. The third-order valence-electron chi connectivity index (χ3n) is 3.35. The zero-order chi connectivity index (χ0) is 13.1. The van der Waals surface area contributed by atoms with Gasteiger partial charge < -0.3 is 19.3 Å². The summed E-state index contributed by atoms with van der Waals surface area (Å²) in [6.45, 7) is -0.0822. The molecule has 6 heteroatoms. The van der Waals surface area contributed by atoms with Crippen molar-refractivity contribution in [2.24, 2.45) is 11.8 Å². The summed E-state index contributed by atoms with van der Waals surface area (Å²) in [5.74, 6) is -0.684. The number of aliphatic hydroxyl groups is 1. The average molecular weight is 275 g/mol. The van der Waals surface area contributed by atoms with E-state index in [1.807, 2.05) is 6.08 Å². The van der Waals surface area contributed by atoms with Crippen molar-refractivity contribution in [3.8, 4) is 0 Å². The first-order valence-electron chi connectivity index (χ1n) is 5.64. The van der Waals surface area contributed by atoms with Gasteiger partial charge in [-0.3, -0.25) is 0 Å². The number of rotatable bonds is 4. The molecule has 5 nitrogen and oxygen atoms in total. The molecule has 3 atom stereocenters. The van der Waals surface area contributed by atoms with E-state index in [9.17, 15) is 9.90 Å². The summed E-state index contributed by atoms with van der Waals surface area (Å²) < 4.78 is 15.4. The van der Waals surface area contributed by atoms with Crippen LogP contribution in [0.1, 0.15) is 6.42 Å². The van der Waals surface area contributed by atoms with Crippen LogP contribution in [0.3, 0.4) is 0 Å². The minimum Gasteiger partial charge on any atom is -0.471 e. The molecule has 0 aromatic heterocycles. The summed E-state index contributed by atoms with van der Waals surface area (Å²) in [4.78, 5) is 11.6. The van der Waals surface area contributed by atoms with Gasteiger partial charge in [-0.15, -0.1) is 0 Å². The summed E-state index contributed by atoms with van der Waals surface area (Å²) in [6.07, 6.45) is 3.37. The van der Waals surface area contributed by atoms with Gasteiger partial charge in [-0.2, -0.15) is 0 Å².